The molecule has 0 saturated carbocycles. The van der Waals surface area contributed by atoms with E-state index >= 15 is 0 Å². The highest BCUT2D eigenvalue weighted by Crippen LogP contribution is 2.01. The second kappa shape index (κ2) is 12.9. The van der Waals surface area contributed by atoms with Crippen molar-refractivity contribution in [2.24, 2.45) is 27.9 Å². The summed E-state index contributed by atoms with van der Waals surface area (Å²) in [4.78, 5) is 61.8. The van der Waals surface area contributed by atoms with Crippen LogP contribution in [-0.2, 0) is 24.0 Å². The van der Waals surface area contributed by atoms with Crippen molar-refractivity contribution in [3.63, 3.8) is 0 Å². The summed E-state index contributed by atoms with van der Waals surface area (Å²) < 4.78 is 0. The summed E-state index contributed by atoms with van der Waals surface area (Å²) in [6, 6.07) is -3.71. The second-order valence-electron chi connectivity index (χ2n) is 6.07. The number of carbonyl (C=O) groups is 5. The molecule has 0 heterocycles. The summed E-state index contributed by atoms with van der Waals surface area (Å²) in [7, 11) is 0. The average molecular weight is 416 g/mol. The number of hydrogen-bond acceptors (Lipinski definition) is 7. The molecule has 4 amide bonds. The monoisotopic (exact) mass is 416 g/mol. The number of amides is 4. The highest BCUT2D eigenvalue weighted by Gasteiger charge is 2.27. The number of rotatable bonds is 13. The number of carboxylic acid groups (broad SMARTS) is 1. The smallest absolute Gasteiger partial charge is 0.326 e. The molecule has 0 aromatic heterocycles. The Morgan fingerprint density at radius 3 is 2.07 bits per heavy atom. The van der Waals surface area contributed by atoms with Crippen molar-refractivity contribution in [2.75, 3.05) is 13.1 Å². The summed E-state index contributed by atoms with van der Waals surface area (Å²) in [6.07, 6.45) is -0.106. The fraction of sp³-hybridized carbons (Fsp3) is 0.600. The number of nitrogens with zero attached hydrogens (tertiary/aromatic N) is 1. The van der Waals surface area contributed by atoms with Crippen LogP contribution in [-0.4, -0.2) is 71.9 Å². The molecule has 14 nitrogen and oxygen atoms in total. The Morgan fingerprint density at radius 2 is 1.59 bits per heavy atom. The Hall–Kier alpha value is -3.42. The Kier molecular flexibility index (Phi) is 11.4. The molecule has 0 aliphatic carbocycles. The Morgan fingerprint density at radius 1 is 0.966 bits per heavy atom. The fourth-order valence-electron chi connectivity index (χ4n) is 2.10. The zero-order chi connectivity index (χ0) is 22.6. The normalized spacial score (nSPS) is 13.3. The van der Waals surface area contributed by atoms with Crippen molar-refractivity contribution in [1.82, 2.24) is 16.0 Å². The minimum absolute atomic E-state index is 0.119. The molecule has 3 unspecified atom stereocenters. The number of primary amides is 1. The van der Waals surface area contributed by atoms with E-state index < -0.39 is 54.1 Å². The maximum atomic E-state index is 12.4. The van der Waals surface area contributed by atoms with Crippen LogP contribution >= 0.6 is 0 Å². The second-order valence-corrected chi connectivity index (χ2v) is 6.07. The third-order valence-electron chi connectivity index (χ3n) is 3.55. The Balaban J connectivity index is 4.94. The van der Waals surface area contributed by atoms with Gasteiger partial charge in [0.25, 0.3) is 0 Å². The van der Waals surface area contributed by atoms with Crippen LogP contribution in [0.2, 0.25) is 0 Å². The molecule has 0 aliphatic rings. The van der Waals surface area contributed by atoms with Gasteiger partial charge >= 0.3 is 5.97 Å². The number of aliphatic carboxylic acids is 1. The molecule has 0 bridgehead atoms. The zero-order valence-electron chi connectivity index (χ0n) is 16.0. The molecule has 14 heteroatoms. The maximum Gasteiger partial charge on any atom is 0.326 e. The van der Waals surface area contributed by atoms with E-state index in [0.29, 0.717) is 6.42 Å². The van der Waals surface area contributed by atoms with Gasteiger partial charge in [-0.3, -0.25) is 24.2 Å². The summed E-state index contributed by atoms with van der Waals surface area (Å²) in [5.41, 5.74) is 20.6. The van der Waals surface area contributed by atoms with Gasteiger partial charge < -0.3 is 44.0 Å². The van der Waals surface area contributed by atoms with Crippen LogP contribution < -0.4 is 38.9 Å². The molecular weight excluding hydrogens is 388 g/mol. The lowest BCUT2D eigenvalue weighted by molar-refractivity contribution is -0.143. The summed E-state index contributed by atoms with van der Waals surface area (Å²) in [5, 5.41) is 15.9. The van der Waals surface area contributed by atoms with E-state index in [1.165, 1.54) is 6.92 Å². The van der Waals surface area contributed by atoms with Gasteiger partial charge in [0, 0.05) is 6.54 Å². The minimum Gasteiger partial charge on any atom is -0.480 e. The lowest BCUT2D eigenvalue weighted by Crippen LogP contribution is -2.55. The molecule has 164 valence electrons. The van der Waals surface area contributed by atoms with Gasteiger partial charge in [0.15, 0.2) is 5.96 Å². The third-order valence-corrected chi connectivity index (χ3v) is 3.55. The lowest BCUT2D eigenvalue weighted by Gasteiger charge is -2.22. The van der Waals surface area contributed by atoms with Crippen LogP contribution in [0.25, 0.3) is 0 Å². The number of aliphatic imine (C=N–C) groups is 1. The molecule has 0 aromatic rings. The van der Waals surface area contributed by atoms with Gasteiger partial charge in [0.1, 0.15) is 18.1 Å². The molecule has 0 aliphatic heterocycles. The highest BCUT2D eigenvalue weighted by atomic mass is 16.4. The van der Waals surface area contributed by atoms with E-state index in [1.807, 2.05) is 0 Å². The number of carboxylic acids is 1. The number of nitrogens with two attached hydrogens (primary N) is 4. The molecular formula is C15H28N8O6. The molecule has 0 radical (unpaired) electrons. The largest absolute Gasteiger partial charge is 0.480 e. The topological polar surface area (TPSA) is 258 Å². The van der Waals surface area contributed by atoms with E-state index in [-0.39, 0.29) is 25.5 Å². The molecule has 29 heavy (non-hydrogen) atoms. The molecule has 3 atom stereocenters. The van der Waals surface area contributed by atoms with Crippen molar-refractivity contribution in [2.45, 2.75) is 44.3 Å². The van der Waals surface area contributed by atoms with Gasteiger partial charge in [-0.2, -0.15) is 0 Å². The quantitative estimate of drug-likeness (QED) is 0.0814. The van der Waals surface area contributed by atoms with Crippen molar-refractivity contribution in [1.29, 1.82) is 0 Å². The highest BCUT2D eigenvalue weighted by molar-refractivity contribution is 5.94. The van der Waals surface area contributed by atoms with Gasteiger partial charge in [-0.15, -0.1) is 0 Å². The number of hydrogen-bond donors (Lipinski definition) is 8. The van der Waals surface area contributed by atoms with Crippen LogP contribution in [0.5, 0.6) is 0 Å². The van der Waals surface area contributed by atoms with E-state index in [0.717, 1.165) is 0 Å². The van der Waals surface area contributed by atoms with E-state index in [1.54, 1.807) is 0 Å². The molecule has 12 N–H and O–H groups in total. The Bertz CT molecular complexity index is 649. The van der Waals surface area contributed by atoms with Gasteiger partial charge in [0.2, 0.25) is 23.6 Å². The van der Waals surface area contributed by atoms with Crippen molar-refractivity contribution in [3.8, 4) is 0 Å². The first-order valence-electron chi connectivity index (χ1n) is 8.64. The predicted molar refractivity (Wildman–Crippen MR) is 102 cm³/mol. The molecule has 0 fully saturated rings. The Labute approximate surface area is 166 Å². The zero-order valence-corrected chi connectivity index (χ0v) is 16.0. The fourth-order valence-corrected chi connectivity index (χ4v) is 2.10. The number of guanidine groups is 1. The molecule has 0 aromatic carbocycles. The standard InChI is InChI=1S/C15H28N8O6/c1-7(12(26)23-9(14(28)29)5-10(17)24)21-13(27)8(22-11(25)6-16)3-2-4-20-15(18)19/h7-9H,2-6,16H2,1H3,(H2,17,24)(H,21,27)(H,22,25)(H,23,26)(H,28,29)(H4,18,19,20). The van der Waals surface area contributed by atoms with Crippen LogP contribution in [0, 0.1) is 0 Å². The van der Waals surface area contributed by atoms with Gasteiger partial charge in [-0.05, 0) is 19.8 Å². The van der Waals surface area contributed by atoms with Gasteiger partial charge in [0.05, 0.1) is 13.0 Å². The van der Waals surface area contributed by atoms with Crippen molar-refractivity contribution in [3.05, 3.63) is 0 Å². The molecule has 0 spiro atoms. The maximum absolute atomic E-state index is 12.4. The summed E-state index contributed by atoms with van der Waals surface area (Å²) in [6.45, 7) is 1.17. The van der Waals surface area contributed by atoms with Crippen LogP contribution in [0.1, 0.15) is 26.2 Å². The van der Waals surface area contributed by atoms with Crippen LogP contribution in [0.4, 0.5) is 0 Å². The van der Waals surface area contributed by atoms with Crippen molar-refractivity contribution >= 4 is 35.6 Å². The summed E-state index contributed by atoms with van der Waals surface area (Å²) in [5.74, 6) is -4.62. The van der Waals surface area contributed by atoms with Gasteiger partial charge in [-0.25, -0.2) is 4.79 Å². The molecule has 0 rings (SSSR count). The minimum atomic E-state index is -1.54. The number of carbonyl (C=O) groups excluding carboxylic acids is 4. The average Bonchev–Trinajstić information content (AvgIpc) is 2.62. The van der Waals surface area contributed by atoms with E-state index in [2.05, 4.69) is 20.9 Å². The first-order valence-corrected chi connectivity index (χ1v) is 8.64. The first-order chi connectivity index (χ1) is 13.5. The number of nitrogens with one attached hydrogen (secondary N) is 3. The van der Waals surface area contributed by atoms with E-state index in [4.69, 9.17) is 28.0 Å². The SMILES string of the molecule is CC(NC(=O)C(CCCN=C(N)N)NC(=O)CN)C(=O)NC(CC(N)=O)C(=O)O. The molecule has 0 saturated heterocycles. The van der Waals surface area contributed by atoms with E-state index in [9.17, 15) is 24.0 Å². The van der Waals surface area contributed by atoms with Crippen molar-refractivity contribution < 1.29 is 29.1 Å². The predicted octanol–water partition coefficient (Wildman–Crippen LogP) is -4.57. The van der Waals surface area contributed by atoms with Gasteiger partial charge in [-0.1, -0.05) is 0 Å². The van der Waals surface area contributed by atoms with Crippen LogP contribution in [0.15, 0.2) is 4.99 Å². The first kappa shape index (κ1) is 25.6. The van der Waals surface area contributed by atoms with Crippen LogP contribution in [0.3, 0.4) is 0 Å². The third kappa shape index (κ3) is 11.1. The lowest BCUT2D eigenvalue weighted by atomic mass is 10.1. The summed E-state index contributed by atoms with van der Waals surface area (Å²) >= 11 is 0.